The Morgan fingerprint density at radius 1 is 1.50 bits per heavy atom. The Balaban J connectivity index is 2.29. The van der Waals surface area contributed by atoms with Crippen LogP contribution in [0, 0.1) is 6.57 Å². The molecule has 1 aliphatic rings. The number of carbonyl (C=O) groups is 1. The predicted molar refractivity (Wildman–Crippen MR) is 89.2 cm³/mol. The molecule has 2 atom stereocenters. The van der Waals surface area contributed by atoms with Gasteiger partial charge in [0.1, 0.15) is 6.61 Å². The molecule has 5 nitrogen and oxygen atoms in total. The fraction of sp³-hybridized carbons (Fsp3) is 0.467. The lowest BCUT2D eigenvalue weighted by atomic mass is 10.1. The maximum absolute atomic E-state index is 12.1. The van der Waals surface area contributed by atoms with E-state index in [1.165, 1.54) is 0 Å². The molecular weight excluding hydrogens is 320 g/mol. The number of hydrogen-bond acceptors (Lipinski definition) is 3. The maximum Gasteiger partial charge on any atom is 0.414 e. The Kier molecular flexibility index (Phi) is 4.80. The molecule has 2 rings (SSSR count). The number of halogens is 1. The van der Waals surface area contributed by atoms with Crippen LogP contribution in [0.4, 0.5) is 16.2 Å². The summed E-state index contributed by atoms with van der Waals surface area (Å²) in [6.45, 7) is 15.6. The van der Waals surface area contributed by atoms with Gasteiger partial charge in [0.2, 0.25) is 5.69 Å². The Morgan fingerprint density at radius 3 is 2.73 bits per heavy atom. The van der Waals surface area contributed by atoms with Gasteiger partial charge in [0.05, 0.1) is 18.7 Å². The molecule has 1 aliphatic heterocycles. The Labute approximate surface area is 136 Å². The van der Waals surface area contributed by atoms with Crippen molar-refractivity contribution in [1.82, 2.24) is 0 Å². The van der Waals surface area contributed by atoms with Gasteiger partial charge in [-0.2, -0.15) is 0 Å². The minimum atomic E-state index is -1.73. The maximum atomic E-state index is 12.1. The molecule has 7 heteroatoms. The first-order valence-corrected chi connectivity index (χ1v) is 10.8. The fourth-order valence-corrected chi connectivity index (χ4v) is 3.94. The molecule has 0 spiro atoms. The van der Waals surface area contributed by atoms with Crippen LogP contribution >= 0.6 is 11.6 Å². The first-order chi connectivity index (χ1) is 10.2. The molecule has 0 radical (unpaired) electrons. The van der Waals surface area contributed by atoms with E-state index in [0.29, 0.717) is 16.4 Å². The van der Waals surface area contributed by atoms with Crippen LogP contribution in [-0.4, -0.2) is 33.2 Å². The van der Waals surface area contributed by atoms with Crippen molar-refractivity contribution < 1.29 is 14.0 Å². The molecule has 22 heavy (non-hydrogen) atoms. The van der Waals surface area contributed by atoms with Gasteiger partial charge >= 0.3 is 6.09 Å². The molecule has 2 unspecified atom stereocenters. The fourth-order valence-electron chi connectivity index (χ4n) is 2.45. The lowest BCUT2D eigenvalue weighted by Crippen LogP contribution is -2.46. The van der Waals surface area contributed by atoms with Crippen LogP contribution < -0.4 is 4.90 Å². The van der Waals surface area contributed by atoms with Crippen molar-refractivity contribution in [2.24, 2.45) is 0 Å². The van der Waals surface area contributed by atoms with E-state index in [1.807, 2.05) is 6.92 Å². The van der Waals surface area contributed by atoms with Crippen LogP contribution in [0.5, 0.6) is 0 Å². The van der Waals surface area contributed by atoms with E-state index in [0.717, 1.165) is 0 Å². The van der Waals surface area contributed by atoms with Crippen molar-refractivity contribution >= 4 is 37.4 Å². The molecule has 0 N–H and O–H groups in total. The third-order valence-corrected chi connectivity index (χ3v) is 4.70. The van der Waals surface area contributed by atoms with Gasteiger partial charge in [-0.15, -0.1) is 0 Å². The molecule has 0 bridgehead atoms. The van der Waals surface area contributed by atoms with Gasteiger partial charge < -0.3 is 9.16 Å². The quantitative estimate of drug-likeness (QED) is 0.601. The van der Waals surface area contributed by atoms with Crippen molar-refractivity contribution in [3.05, 3.63) is 34.6 Å². The monoisotopic (exact) mass is 338 g/mol. The molecule has 0 aliphatic carbocycles. The van der Waals surface area contributed by atoms with Gasteiger partial charge in [-0.3, -0.25) is 4.90 Å². The summed E-state index contributed by atoms with van der Waals surface area (Å²) in [5.74, 6) is 0. The number of cyclic esters (lactones) is 1. The number of ether oxygens (including phenoxy) is 1. The van der Waals surface area contributed by atoms with Gasteiger partial charge in [0.25, 0.3) is 0 Å². The highest BCUT2D eigenvalue weighted by Gasteiger charge is 2.39. The van der Waals surface area contributed by atoms with Crippen LogP contribution in [0.3, 0.4) is 0 Å². The third kappa shape index (κ3) is 3.61. The number of rotatable bonds is 4. The number of anilines is 1. The van der Waals surface area contributed by atoms with Gasteiger partial charge in [0, 0.05) is 10.7 Å². The third-order valence-electron chi connectivity index (χ3n) is 3.32. The van der Waals surface area contributed by atoms with Crippen LogP contribution in [0.2, 0.25) is 24.7 Å². The largest absolute Gasteiger partial charge is 0.447 e. The summed E-state index contributed by atoms with van der Waals surface area (Å²) in [5.41, 5.74) is 0.983. The number of benzene rings is 1. The van der Waals surface area contributed by atoms with Crippen LogP contribution in [-0.2, 0) is 9.16 Å². The second-order valence-corrected chi connectivity index (χ2v) is 11.1. The summed E-state index contributed by atoms with van der Waals surface area (Å²) in [4.78, 5) is 17.0. The van der Waals surface area contributed by atoms with Crippen LogP contribution in [0.15, 0.2) is 18.2 Å². The first kappa shape index (κ1) is 16.8. The van der Waals surface area contributed by atoms with E-state index >= 15 is 0 Å². The Morgan fingerprint density at radius 2 is 2.18 bits per heavy atom. The highest BCUT2D eigenvalue weighted by molar-refractivity contribution is 6.69. The summed E-state index contributed by atoms with van der Waals surface area (Å²) in [6.07, 6.45) is -0.555. The molecule has 1 aromatic carbocycles. The van der Waals surface area contributed by atoms with Gasteiger partial charge in [-0.25, -0.2) is 9.64 Å². The second-order valence-electron chi connectivity index (χ2n) is 6.20. The summed E-state index contributed by atoms with van der Waals surface area (Å²) in [6, 6.07) is 4.74. The van der Waals surface area contributed by atoms with E-state index < -0.39 is 14.4 Å². The smallest absolute Gasteiger partial charge is 0.414 e. The highest BCUT2D eigenvalue weighted by atomic mass is 35.5. The van der Waals surface area contributed by atoms with Gasteiger partial charge in [-0.05, 0) is 38.7 Å². The molecule has 118 valence electrons. The second kappa shape index (κ2) is 6.29. The summed E-state index contributed by atoms with van der Waals surface area (Å²) in [7, 11) is -1.73. The Hall–Kier alpha value is -1.55. The standard InChI is InChI=1S/C15H19ClN2O3Si/c1-10(21-22(3,4)5)14-9-20-15(19)18(14)11-6-7-13(17-2)12(16)8-11/h6-8,10,14H,9H2,1,3-5H3. The molecule has 1 aromatic rings. The van der Waals surface area contributed by atoms with Gasteiger partial charge in [0.15, 0.2) is 8.32 Å². The average Bonchev–Trinajstić information content (AvgIpc) is 2.78. The van der Waals surface area contributed by atoms with Crippen molar-refractivity contribution in [1.29, 1.82) is 0 Å². The molecule has 1 heterocycles. The average molecular weight is 339 g/mol. The lowest BCUT2D eigenvalue weighted by Gasteiger charge is -2.31. The topological polar surface area (TPSA) is 43.1 Å². The highest BCUT2D eigenvalue weighted by Crippen LogP contribution is 2.33. The van der Waals surface area contributed by atoms with Crippen LogP contribution in [0.25, 0.3) is 4.85 Å². The number of nitrogens with zero attached hydrogens (tertiary/aromatic N) is 2. The zero-order valence-corrected chi connectivity index (χ0v) is 14.8. The number of amides is 1. The van der Waals surface area contributed by atoms with E-state index in [-0.39, 0.29) is 18.8 Å². The van der Waals surface area contributed by atoms with Gasteiger partial charge in [-0.1, -0.05) is 17.7 Å². The minimum absolute atomic E-state index is 0.141. The molecule has 1 fully saturated rings. The van der Waals surface area contributed by atoms with Crippen LogP contribution in [0.1, 0.15) is 6.92 Å². The molecule has 0 aromatic heterocycles. The van der Waals surface area contributed by atoms with E-state index in [1.54, 1.807) is 23.1 Å². The van der Waals surface area contributed by atoms with E-state index in [9.17, 15) is 4.79 Å². The molecule has 0 saturated carbocycles. The molecule has 1 amide bonds. The molecular formula is C15H19ClN2O3Si. The number of hydrogen-bond donors (Lipinski definition) is 0. The zero-order chi connectivity index (χ0) is 16.5. The summed E-state index contributed by atoms with van der Waals surface area (Å²) >= 11 is 6.07. The van der Waals surface area contributed by atoms with Crippen molar-refractivity contribution in [3.8, 4) is 0 Å². The lowest BCUT2D eigenvalue weighted by molar-refractivity contribution is 0.153. The Bertz CT molecular complexity index is 624. The number of carbonyl (C=O) groups excluding carboxylic acids is 1. The first-order valence-electron chi connectivity index (χ1n) is 7.04. The van der Waals surface area contributed by atoms with Crippen molar-refractivity contribution in [2.45, 2.75) is 38.7 Å². The zero-order valence-electron chi connectivity index (χ0n) is 13.1. The predicted octanol–water partition coefficient (Wildman–Crippen LogP) is 4.46. The molecule has 1 saturated heterocycles. The SMILES string of the molecule is [C-]#[N+]c1ccc(N2C(=O)OCC2C(C)O[Si](C)(C)C)cc1Cl. The van der Waals surface area contributed by atoms with Crippen molar-refractivity contribution in [3.63, 3.8) is 0 Å². The minimum Gasteiger partial charge on any atom is -0.447 e. The normalized spacial score (nSPS) is 19.7. The van der Waals surface area contributed by atoms with E-state index in [4.69, 9.17) is 27.3 Å². The van der Waals surface area contributed by atoms with Crippen molar-refractivity contribution in [2.75, 3.05) is 11.5 Å². The summed E-state index contributed by atoms with van der Waals surface area (Å²) in [5, 5.41) is 0.324. The summed E-state index contributed by atoms with van der Waals surface area (Å²) < 4.78 is 11.3. The van der Waals surface area contributed by atoms with E-state index in [2.05, 4.69) is 24.5 Å².